The van der Waals surface area contributed by atoms with Crippen LogP contribution in [0.15, 0.2) is 24.3 Å². The molecule has 0 spiro atoms. The number of rotatable bonds is 2. The van der Waals surface area contributed by atoms with Crippen LogP contribution in [-0.4, -0.2) is 60.4 Å². The Morgan fingerprint density at radius 3 is 2.41 bits per heavy atom. The topological polar surface area (TPSA) is 43.9 Å². The van der Waals surface area contributed by atoms with E-state index in [-0.39, 0.29) is 17.9 Å². The number of para-hydroxylation sites is 1. The molecule has 118 valence electrons. The van der Waals surface area contributed by atoms with Crippen LogP contribution in [-0.2, 0) is 16.0 Å². The van der Waals surface area contributed by atoms with Gasteiger partial charge in [-0.2, -0.15) is 0 Å². The van der Waals surface area contributed by atoms with Crippen molar-refractivity contribution in [3.63, 3.8) is 0 Å². The lowest BCUT2D eigenvalue weighted by Gasteiger charge is -2.38. The molecule has 5 nitrogen and oxygen atoms in total. The van der Waals surface area contributed by atoms with Crippen LogP contribution in [0.4, 0.5) is 5.69 Å². The Kier molecular flexibility index (Phi) is 4.16. The van der Waals surface area contributed by atoms with Crippen LogP contribution in [0.25, 0.3) is 0 Å². The van der Waals surface area contributed by atoms with Crippen LogP contribution in [0.5, 0.6) is 0 Å². The van der Waals surface area contributed by atoms with Gasteiger partial charge in [0.25, 0.3) is 0 Å². The van der Waals surface area contributed by atoms with E-state index in [1.165, 1.54) is 5.56 Å². The van der Waals surface area contributed by atoms with E-state index in [0.29, 0.717) is 13.1 Å². The van der Waals surface area contributed by atoms with Gasteiger partial charge in [-0.25, -0.2) is 0 Å². The average molecular weight is 301 g/mol. The first-order valence-corrected chi connectivity index (χ1v) is 7.97. The summed E-state index contributed by atoms with van der Waals surface area (Å²) in [6.45, 7) is 7.31. The Bertz CT molecular complexity index is 579. The van der Waals surface area contributed by atoms with Crippen molar-refractivity contribution in [1.82, 2.24) is 9.80 Å². The molecule has 0 unspecified atom stereocenters. The van der Waals surface area contributed by atoms with E-state index in [2.05, 4.69) is 11.0 Å². The molecule has 2 amide bonds. The van der Waals surface area contributed by atoms with Crippen molar-refractivity contribution in [2.45, 2.75) is 26.3 Å². The van der Waals surface area contributed by atoms with E-state index in [1.807, 2.05) is 34.9 Å². The van der Waals surface area contributed by atoms with Gasteiger partial charge in [-0.05, 0) is 25.0 Å². The third kappa shape index (κ3) is 2.73. The SMILES string of the molecule is CC(=O)N1CCN([C@@H](C)C(=O)N2CCc3ccccc32)CC1. The minimum absolute atomic E-state index is 0.118. The standard InChI is InChI=1S/C17H23N3O2/c1-13(18-9-11-19(12-10-18)14(2)21)17(22)20-8-7-15-5-3-4-6-16(15)20/h3-6,13H,7-12H2,1-2H3/t13-/m0/s1. The molecule has 0 saturated carbocycles. The third-order valence-corrected chi connectivity index (χ3v) is 4.82. The molecule has 0 aromatic heterocycles. The quantitative estimate of drug-likeness (QED) is 0.822. The fraction of sp³-hybridized carbons (Fsp3) is 0.529. The van der Waals surface area contributed by atoms with Gasteiger partial charge in [0.2, 0.25) is 11.8 Å². The summed E-state index contributed by atoms with van der Waals surface area (Å²) < 4.78 is 0. The minimum Gasteiger partial charge on any atom is -0.340 e. The zero-order chi connectivity index (χ0) is 15.7. The van der Waals surface area contributed by atoms with E-state index >= 15 is 0 Å². The first kappa shape index (κ1) is 15.0. The Morgan fingerprint density at radius 2 is 1.73 bits per heavy atom. The molecule has 2 aliphatic heterocycles. The van der Waals surface area contributed by atoms with E-state index < -0.39 is 0 Å². The summed E-state index contributed by atoms with van der Waals surface area (Å²) in [5, 5.41) is 0. The second-order valence-electron chi connectivity index (χ2n) is 6.09. The van der Waals surface area contributed by atoms with Gasteiger partial charge >= 0.3 is 0 Å². The molecule has 1 saturated heterocycles. The highest BCUT2D eigenvalue weighted by Gasteiger charge is 2.32. The molecule has 2 heterocycles. The molecule has 0 aliphatic carbocycles. The molecule has 3 rings (SSSR count). The number of benzene rings is 1. The number of nitrogens with zero attached hydrogens (tertiary/aromatic N) is 3. The summed E-state index contributed by atoms with van der Waals surface area (Å²) in [4.78, 5) is 30.2. The van der Waals surface area contributed by atoms with Crippen molar-refractivity contribution in [2.75, 3.05) is 37.6 Å². The smallest absolute Gasteiger partial charge is 0.244 e. The zero-order valence-electron chi connectivity index (χ0n) is 13.3. The van der Waals surface area contributed by atoms with Crippen LogP contribution in [0, 0.1) is 0 Å². The lowest BCUT2D eigenvalue weighted by atomic mass is 10.1. The number of anilines is 1. The molecule has 0 radical (unpaired) electrons. The minimum atomic E-state index is -0.139. The lowest BCUT2D eigenvalue weighted by Crippen LogP contribution is -2.55. The predicted octanol–water partition coefficient (Wildman–Crippen LogP) is 1.13. The molecule has 0 bridgehead atoms. The first-order valence-electron chi connectivity index (χ1n) is 7.97. The van der Waals surface area contributed by atoms with E-state index in [4.69, 9.17) is 0 Å². The van der Waals surface area contributed by atoms with Crippen molar-refractivity contribution >= 4 is 17.5 Å². The van der Waals surface area contributed by atoms with Crippen molar-refractivity contribution in [3.8, 4) is 0 Å². The molecule has 5 heteroatoms. The Morgan fingerprint density at radius 1 is 1.05 bits per heavy atom. The van der Waals surface area contributed by atoms with Gasteiger partial charge in [-0.3, -0.25) is 14.5 Å². The number of hydrogen-bond acceptors (Lipinski definition) is 3. The Balaban J connectivity index is 1.65. The molecule has 1 atom stereocenters. The maximum absolute atomic E-state index is 12.8. The highest BCUT2D eigenvalue weighted by molar-refractivity contribution is 5.98. The summed E-state index contributed by atoms with van der Waals surface area (Å²) in [5.41, 5.74) is 2.31. The average Bonchev–Trinajstić information content (AvgIpc) is 2.97. The highest BCUT2D eigenvalue weighted by Crippen LogP contribution is 2.28. The van der Waals surface area contributed by atoms with Gasteiger partial charge in [0.05, 0.1) is 6.04 Å². The molecule has 1 fully saturated rings. The fourth-order valence-corrected chi connectivity index (χ4v) is 3.37. The maximum atomic E-state index is 12.8. The van der Waals surface area contributed by atoms with Crippen molar-refractivity contribution in [2.24, 2.45) is 0 Å². The first-order chi connectivity index (χ1) is 10.6. The van der Waals surface area contributed by atoms with Gasteiger partial charge in [0.15, 0.2) is 0 Å². The number of amides is 2. The molecule has 0 N–H and O–H groups in total. The van der Waals surface area contributed by atoms with Gasteiger partial charge in [0, 0.05) is 45.3 Å². The normalized spacial score (nSPS) is 19.9. The number of hydrogen-bond donors (Lipinski definition) is 0. The largest absolute Gasteiger partial charge is 0.340 e. The molecule has 1 aromatic rings. The van der Waals surface area contributed by atoms with Gasteiger partial charge in [-0.1, -0.05) is 18.2 Å². The van der Waals surface area contributed by atoms with Gasteiger partial charge in [0.1, 0.15) is 0 Å². The second-order valence-corrected chi connectivity index (χ2v) is 6.09. The van der Waals surface area contributed by atoms with Crippen LogP contribution in [0.3, 0.4) is 0 Å². The summed E-state index contributed by atoms with van der Waals surface area (Å²) in [6, 6.07) is 8.00. The van der Waals surface area contributed by atoms with Crippen LogP contribution in [0.1, 0.15) is 19.4 Å². The summed E-state index contributed by atoms with van der Waals surface area (Å²) >= 11 is 0. The molecule has 22 heavy (non-hydrogen) atoms. The molecular formula is C17H23N3O2. The summed E-state index contributed by atoms with van der Waals surface area (Å²) in [7, 11) is 0. The second kappa shape index (κ2) is 6.08. The Hall–Kier alpha value is -1.88. The van der Waals surface area contributed by atoms with E-state index in [1.54, 1.807) is 6.92 Å². The lowest BCUT2D eigenvalue weighted by molar-refractivity contribution is -0.131. The van der Waals surface area contributed by atoms with Crippen LogP contribution < -0.4 is 4.90 Å². The zero-order valence-corrected chi connectivity index (χ0v) is 13.3. The Labute approximate surface area is 131 Å². The predicted molar refractivity (Wildman–Crippen MR) is 85.8 cm³/mol. The number of carbonyl (C=O) groups is 2. The molecule has 1 aromatic carbocycles. The number of piperazine rings is 1. The van der Waals surface area contributed by atoms with Crippen molar-refractivity contribution in [1.29, 1.82) is 0 Å². The number of fused-ring (bicyclic) bond motifs is 1. The molecule has 2 aliphatic rings. The van der Waals surface area contributed by atoms with E-state index in [9.17, 15) is 9.59 Å². The maximum Gasteiger partial charge on any atom is 0.244 e. The van der Waals surface area contributed by atoms with Crippen LogP contribution >= 0.6 is 0 Å². The third-order valence-electron chi connectivity index (χ3n) is 4.82. The van der Waals surface area contributed by atoms with Gasteiger partial charge in [-0.15, -0.1) is 0 Å². The van der Waals surface area contributed by atoms with Gasteiger partial charge < -0.3 is 9.80 Å². The van der Waals surface area contributed by atoms with Crippen LogP contribution in [0.2, 0.25) is 0 Å². The van der Waals surface area contributed by atoms with Crippen molar-refractivity contribution in [3.05, 3.63) is 29.8 Å². The monoisotopic (exact) mass is 301 g/mol. The fourth-order valence-electron chi connectivity index (χ4n) is 3.37. The highest BCUT2D eigenvalue weighted by atomic mass is 16.2. The van der Waals surface area contributed by atoms with E-state index in [0.717, 1.165) is 31.7 Å². The number of carbonyl (C=O) groups excluding carboxylic acids is 2. The summed E-state index contributed by atoms with van der Waals surface area (Å²) in [6.07, 6.45) is 0.937. The van der Waals surface area contributed by atoms with Crippen molar-refractivity contribution < 1.29 is 9.59 Å². The molecular weight excluding hydrogens is 278 g/mol. The summed E-state index contributed by atoms with van der Waals surface area (Å²) in [5.74, 6) is 0.285.